The molecule has 4 aromatic rings. The van der Waals surface area contributed by atoms with E-state index in [0.29, 0.717) is 22.9 Å². The van der Waals surface area contributed by atoms with E-state index in [1.54, 1.807) is 19.2 Å². The summed E-state index contributed by atoms with van der Waals surface area (Å²) >= 11 is 0. The summed E-state index contributed by atoms with van der Waals surface area (Å²) in [6.07, 6.45) is -2.34. The van der Waals surface area contributed by atoms with Gasteiger partial charge < -0.3 is 4.74 Å². The molecule has 0 radical (unpaired) electrons. The highest BCUT2D eigenvalue weighted by Gasteiger charge is 2.35. The van der Waals surface area contributed by atoms with Crippen LogP contribution in [0.4, 0.5) is 13.2 Å². The third kappa shape index (κ3) is 4.29. The van der Waals surface area contributed by atoms with Crippen LogP contribution < -0.4 is 10.4 Å². The zero-order chi connectivity index (χ0) is 25.8. The molecule has 1 aliphatic carbocycles. The molecule has 1 saturated carbocycles. The quantitative estimate of drug-likeness (QED) is 0.392. The summed E-state index contributed by atoms with van der Waals surface area (Å²) in [5, 5.41) is 11.9. The van der Waals surface area contributed by atoms with Crippen LogP contribution in [0.2, 0.25) is 0 Å². The van der Waals surface area contributed by atoms with Crippen LogP contribution in [0.25, 0.3) is 16.9 Å². The van der Waals surface area contributed by atoms with Crippen molar-refractivity contribution in [3.8, 4) is 22.7 Å². The van der Waals surface area contributed by atoms with E-state index in [2.05, 4.69) is 15.5 Å². The van der Waals surface area contributed by atoms with E-state index < -0.39 is 11.9 Å². The first-order chi connectivity index (χ1) is 17.0. The number of ether oxygens (including phenoxy) is 1. The van der Waals surface area contributed by atoms with Gasteiger partial charge in [-0.1, -0.05) is 12.1 Å². The van der Waals surface area contributed by atoms with Gasteiger partial charge in [0.15, 0.2) is 0 Å². The summed E-state index contributed by atoms with van der Waals surface area (Å²) in [6.45, 7) is 3.85. The van der Waals surface area contributed by atoms with Crippen LogP contribution in [0.15, 0.2) is 41.2 Å². The van der Waals surface area contributed by atoms with E-state index in [0.717, 1.165) is 45.8 Å². The first kappa shape index (κ1) is 23.8. The number of tetrazole rings is 1. The molecule has 8 nitrogen and oxygen atoms in total. The average molecular weight is 499 g/mol. The first-order valence-corrected chi connectivity index (χ1v) is 11.5. The number of rotatable bonds is 6. The highest BCUT2D eigenvalue weighted by Crippen LogP contribution is 2.43. The molecule has 1 aliphatic rings. The van der Waals surface area contributed by atoms with Gasteiger partial charge in [0.25, 0.3) is 0 Å². The molecule has 11 heteroatoms. The van der Waals surface area contributed by atoms with Crippen LogP contribution in [0.1, 0.15) is 46.7 Å². The van der Waals surface area contributed by atoms with Crippen molar-refractivity contribution in [3.63, 3.8) is 0 Å². The normalized spacial score (nSPS) is 13.9. The van der Waals surface area contributed by atoms with E-state index in [-0.39, 0.29) is 18.0 Å². The monoisotopic (exact) mass is 498 g/mol. The maximum Gasteiger partial charge on any atom is 0.433 e. The van der Waals surface area contributed by atoms with Gasteiger partial charge in [-0.05, 0) is 84.0 Å². The summed E-state index contributed by atoms with van der Waals surface area (Å²) in [6, 6.07) is 10.4. The number of aromatic nitrogens is 6. The minimum atomic E-state index is -4.48. The Kier molecular flexibility index (Phi) is 5.73. The molecule has 0 aliphatic heterocycles. The Bertz CT molecular complexity index is 1510. The Balaban J connectivity index is 1.47. The molecule has 0 bridgehead atoms. The van der Waals surface area contributed by atoms with Crippen molar-refractivity contribution in [2.75, 3.05) is 0 Å². The van der Waals surface area contributed by atoms with Crippen molar-refractivity contribution in [2.24, 2.45) is 14.1 Å². The minimum Gasteiger partial charge on any atom is -0.489 e. The molecule has 0 saturated heterocycles. The van der Waals surface area contributed by atoms with Crippen molar-refractivity contribution in [1.29, 1.82) is 0 Å². The van der Waals surface area contributed by atoms with Crippen LogP contribution in [0.5, 0.6) is 5.75 Å². The number of hydrogen-bond donors (Lipinski definition) is 0. The van der Waals surface area contributed by atoms with Crippen LogP contribution in [0, 0.1) is 13.8 Å². The molecular formula is C25H25F3N6O2. The van der Waals surface area contributed by atoms with E-state index in [1.807, 2.05) is 32.0 Å². The van der Waals surface area contributed by atoms with Crippen LogP contribution in [-0.4, -0.2) is 29.6 Å². The van der Waals surface area contributed by atoms with Crippen molar-refractivity contribution >= 4 is 0 Å². The summed E-state index contributed by atoms with van der Waals surface area (Å²) < 4.78 is 49.3. The van der Waals surface area contributed by atoms with E-state index in [1.165, 1.54) is 16.4 Å². The predicted molar refractivity (Wildman–Crippen MR) is 126 cm³/mol. The minimum absolute atomic E-state index is 0.201. The largest absolute Gasteiger partial charge is 0.489 e. The zero-order valence-electron chi connectivity index (χ0n) is 20.3. The van der Waals surface area contributed by atoms with Gasteiger partial charge in [-0.15, -0.1) is 0 Å². The number of benzene rings is 2. The number of nitrogens with zero attached hydrogens (tertiary/aromatic N) is 6. The van der Waals surface area contributed by atoms with E-state index >= 15 is 0 Å². The van der Waals surface area contributed by atoms with Crippen molar-refractivity contribution in [3.05, 3.63) is 74.8 Å². The standard InChI is InChI=1S/C25H25F3N6O2/c1-14-11-22(15(2)10-18(14)20-12-23(25(26,27)28)32(3)29-20)36-13-19-17(16-8-9-16)6-5-7-21(19)34-24(35)33(4)30-31-34/h5-7,10-12,16H,8-9,13H2,1-4H3. The Morgan fingerprint density at radius 1 is 1.03 bits per heavy atom. The van der Waals surface area contributed by atoms with Gasteiger partial charge in [0.05, 0.1) is 11.4 Å². The van der Waals surface area contributed by atoms with E-state index in [9.17, 15) is 18.0 Å². The highest BCUT2D eigenvalue weighted by molar-refractivity contribution is 5.67. The van der Waals surface area contributed by atoms with Crippen LogP contribution in [0.3, 0.4) is 0 Å². The lowest BCUT2D eigenvalue weighted by Gasteiger charge is -2.17. The SMILES string of the molecule is Cc1cc(-c2cc(C(F)(F)F)n(C)n2)c(C)cc1OCc1c(C2CC2)cccc1-n1nnn(C)c1=O. The third-order valence-corrected chi connectivity index (χ3v) is 6.49. The molecule has 5 rings (SSSR count). The van der Waals surface area contributed by atoms with Gasteiger partial charge in [0.2, 0.25) is 0 Å². The highest BCUT2D eigenvalue weighted by atomic mass is 19.4. The average Bonchev–Trinajstić information content (AvgIpc) is 3.51. The Morgan fingerprint density at radius 3 is 2.39 bits per heavy atom. The molecule has 0 amide bonds. The summed E-state index contributed by atoms with van der Waals surface area (Å²) in [5.74, 6) is 1.01. The van der Waals surface area contributed by atoms with Crippen LogP contribution >= 0.6 is 0 Å². The summed E-state index contributed by atoms with van der Waals surface area (Å²) in [7, 11) is 2.82. The molecule has 188 valence electrons. The van der Waals surface area contributed by atoms with Gasteiger partial charge in [-0.2, -0.15) is 27.6 Å². The second-order valence-electron chi connectivity index (χ2n) is 9.17. The number of hydrogen-bond acceptors (Lipinski definition) is 5. The van der Waals surface area contributed by atoms with Gasteiger partial charge in [0, 0.05) is 25.2 Å². The topological polar surface area (TPSA) is 79.8 Å². The molecule has 2 aromatic heterocycles. The molecule has 36 heavy (non-hydrogen) atoms. The zero-order valence-corrected chi connectivity index (χ0v) is 20.3. The molecule has 0 spiro atoms. The van der Waals surface area contributed by atoms with Crippen LogP contribution in [-0.2, 0) is 26.9 Å². The Morgan fingerprint density at radius 2 is 1.78 bits per heavy atom. The molecule has 1 fully saturated rings. The van der Waals surface area contributed by atoms with Gasteiger partial charge in [-0.3, -0.25) is 4.68 Å². The maximum absolute atomic E-state index is 13.2. The molecule has 0 N–H and O–H groups in total. The third-order valence-electron chi connectivity index (χ3n) is 6.49. The first-order valence-electron chi connectivity index (χ1n) is 11.5. The predicted octanol–water partition coefficient (Wildman–Crippen LogP) is 4.46. The lowest BCUT2D eigenvalue weighted by Crippen LogP contribution is -2.23. The lowest BCUT2D eigenvalue weighted by atomic mass is 10.0. The Labute approximate surface area is 204 Å². The van der Waals surface area contributed by atoms with Crippen molar-refractivity contribution in [1.82, 2.24) is 29.6 Å². The summed E-state index contributed by atoms with van der Waals surface area (Å²) in [4.78, 5) is 12.5. The molecular weight excluding hydrogens is 473 g/mol. The smallest absolute Gasteiger partial charge is 0.433 e. The van der Waals surface area contributed by atoms with Gasteiger partial charge in [0.1, 0.15) is 18.1 Å². The number of alkyl halides is 3. The van der Waals surface area contributed by atoms with Crippen molar-refractivity contribution < 1.29 is 17.9 Å². The number of aryl methyl sites for hydroxylation is 4. The second kappa shape index (κ2) is 8.65. The van der Waals surface area contributed by atoms with Gasteiger partial charge in [-0.25, -0.2) is 4.79 Å². The lowest BCUT2D eigenvalue weighted by molar-refractivity contribution is -0.143. The molecule has 0 unspecified atom stereocenters. The maximum atomic E-state index is 13.2. The fourth-order valence-electron chi connectivity index (χ4n) is 4.42. The number of halogens is 3. The molecule has 2 heterocycles. The van der Waals surface area contributed by atoms with Crippen molar-refractivity contribution in [2.45, 2.75) is 45.4 Å². The molecule has 2 aromatic carbocycles. The second-order valence-corrected chi connectivity index (χ2v) is 9.17. The summed E-state index contributed by atoms with van der Waals surface area (Å²) in [5.41, 5.74) is 3.80. The fraction of sp³-hybridized carbons (Fsp3) is 0.360. The Hall–Kier alpha value is -3.89. The molecule has 0 atom stereocenters. The van der Waals surface area contributed by atoms with Gasteiger partial charge >= 0.3 is 11.9 Å². The fourth-order valence-corrected chi connectivity index (χ4v) is 4.42. The van der Waals surface area contributed by atoms with E-state index in [4.69, 9.17) is 4.74 Å².